The standard InChI is InChI=1S/C26H24ClF2N3OS2/c1-30-17-4-6-18(7-5-17)32(13-19-11-16(14-34-19)15-3-2-10-31-12-15)26(33)25-23(27)22-20(28)8-9-21(29)24(22)35-25/h2-3,8-12,14,17-18,30H,4-7,13H2,1H3. The summed E-state index contributed by atoms with van der Waals surface area (Å²) in [7, 11) is 1.96. The van der Waals surface area contributed by atoms with Crippen molar-refractivity contribution in [2.24, 2.45) is 0 Å². The van der Waals surface area contributed by atoms with Gasteiger partial charge in [-0.25, -0.2) is 8.78 Å². The highest BCUT2D eigenvalue weighted by atomic mass is 35.5. The number of aromatic nitrogens is 1. The lowest BCUT2D eigenvalue weighted by Gasteiger charge is -2.36. The van der Waals surface area contributed by atoms with Crippen LogP contribution in [0.25, 0.3) is 21.2 Å². The van der Waals surface area contributed by atoms with Crippen molar-refractivity contribution in [3.05, 3.63) is 74.5 Å². The molecule has 1 fully saturated rings. The highest BCUT2D eigenvalue weighted by molar-refractivity contribution is 7.21. The summed E-state index contributed by atoms with van der Waals surface area (Å²) in [5, 5.41) is 5.35. The van der Waals surface area contributed by atoms with E-state index < -0.39 is 11.6 Å². The third-order valence-corrected chi connectivity index (χ3v) is 9.26. The van der Waals surface area contributed by atoms with Crippen molar-refractivity contribution in [2.45, 2.75) is 44.3 Å². The molecule has 0 saturated heterocycles. The van der Waals surface area contributed by atoms with E-state index in [1.807, 2.05) is 30.3 Å². The van der Waals surface area contributed by atoms with Crippen LogP contribution in [0.2, 0.25) is 5.02 Å². The number of hydrogen-bond donors (Lipinski definition) is 1. The number of halogens is 3. The summed E-state index contributed by atoms with van der Waals surface area (Å²) in [6.45, 7) is 0.411. The van der Waals surface area contributed by atoms with E-state index >= 15 is 0 Å². The molecule has 1 aromatic carbocycles. The second kappa shape index (κ2) is 10.3. The monoisotopic (exact) mass is 531 g/mol. The lowest BCUT2D eigenvalue weighted by Crippen LogP contribution is -2.44. The number of nitrogens with one attached hydrogen (secondary N) is 1. The van der Waals surface area contributed by atoms with Gasteiger partial charge in [-0.1, -0.05) is 17.7 Å². The van der Waals surface area contributed by atoms with Crippen LogP contribution in [0.3, 0.4) is 0 Å². The maximum atomic E-state index is 14.5. The van der Waals surface area contributed by atoms with E-state index in [1.54, 1.807) is 17.5 Å². The van der Waals surface area contributed by atoms with Gasteiger partial charge >= 0.3 is 0 Å². The lowest BCUT2D eigenvalue weighted by molar-refractivity contribution is 0.0609. The molecular weight excluding hydrogens is 508 g/mol. The summed E-state index contributed by atoms with van der Waals surface area (Å²) < 4.78 is 29.0. The summed E-state index contributed by atoms with van der Waals surface area (Å²) in [6.07, 6.45) is 7.17. The van der Waals surface area contributed by atoms with Gasteiger partial charge in [0.2, 0.25) is 0 Å². The summed E-state index contributed by atoms with van der Waals surface area (Å²) in [4.78, 5) is 21.1. The van der Waals surface area contributed by atoms with Gasteiger partial charge in [0, 0.05) is 34.9 Å². The van der Waals surface area contributed by atoms with Gasteiger partial charge in [-0.2, -0.15) is 0 Å². The lowest BCUT2D eigenvalue weighted by atomic mass is 9.90. The van der Waals surface area contributed by atoms with Crippen molar-refractivity contribution in [2.75, 3.05) is 7.05 Å². The van der Waals surface area contributed by atoms with Crippen molar-refractivity contribution in [1.82, 2.24) is 15.2 Å². The molecule has 0 aliphatic heterocycles. The number of carbonyl (C=O) groups is 1. The van der Waals surface area contributed by atoms with E-state index in [1.165, 1.54) is 0 Å². The fourth-order valence-corrected chi connectivity index (χ4v) is 7.12. The van der Waals surface area contributed by atoms with Crippen molar-refractivity contribution in [3.8, 4) is 11.1 Å². The molecule has 9 heteroatoms. The molecule has 35 heavy (non-hydrogen) atoms. The van der Waals surface area contributed by atoms with E-state index in [-0.39, 0.29) is 31.9 Å². The third-order valence-electron chi connectivity index (χ3n) is 6.66. The van der Waals surface area contributed by atoms with Crippen LogP contribution in [-0.4, -0.2) is 34.9 Å². The maximum absolute atomic E-state index is 14.5. The number of pyridine rings is 1. The number of hydrogen-bond acceptors (Lipinski definition) is 5. The first-order chi connectivity index (χ1) is 17.0. The predicted molar refractivity (Wildman–Crippen MR) is 139 cm³/mol. The largest absolute Gasteiger partial charge is 0.330 e. The SMILES string of the molecule is CNC1CCC(N(Cc2cc(-c3cccnc3)cs2)C(=O)c2sc3c(F)ccc(F)c3c2Cl)CC1. The highest BCUT2D eigenvalue weighted by Gasteiger charge is 2.32. The van der Waals surface area contributed by atoms with Gasteiger partial charge in [-0.05, 0) is 67.9 Å². The van der Waals surface area contributed by atoms with Gasteiger partial charge < -0.3 is 10.2 Å². The molecule has 1 N–H and O–H groups in total. The Morgan fingerprint density at radius 2 is 1.94 bits per heavy atom. The third kappa shape index (κ3) is 4.85. The molecule has 4 nitrogen and oxygen atoms in total. The van der Waals surface area contributed by atoms with E-state index in [2.05, 4.69) is 21.7 Å². The minimum atomic E-state index is -0.623. The number of fused-ring (bicyclic) bond motifs is 1. The zero-order chi connectivity index (χ0) is 24.5. The zero-order valence-electron chi connectivity index (χ0n) is 19.1. The van der Waals surface area contributed by atoms with Crippen LogP contribution in [-0.2, 0) is 6.54 Å². The van der Waals surface area contributed by atoms with Gasteiger partial charge in [0.15, 0.2) is 0 Å². The molecule has 1 amide bonds. The molecule has 1 aliphatic rings. The van der Waals surface area contributed by atoms with E-state index in [0.29, 0.717) is 12.6 Å². The second-order valence-electron chi connectivity index (χ2n) is 8.75. The minimum absolute atomic E-state index is 0.0110. The Bertz CT molecular complexity index is 1350. The summed E-state index contributed by atoms with van der Waals surface area (Å²) >= 11 is 9.00. The predicted octanol–water partition coefficient (Wildman–Crippen LogP) is 7.13. The van der Waals surface area contributed by atoms with Crippen LogP contribution in [0.1, 0.15) is 40.2 Å². The number of benzene rings is 1. The molecule has 0 unspecified atom stereocenters. The van der Waals surface area contributed by atoms with Gasteiger partial charge in [-0.15, -0.1) is 22.7 Å². The average molecular weight is 532 g/mol. The van der Waals surface area contributed by atoms with Crippen molar-refractivity contribution < 1.29 is 13.6 Å². The van der Waals surface area contributed by atoms with Crippen LogP contribution < -0.4 is 5.32 Å². The number of thiophene rings is 2. The Morgan fingerprint density at radius 3 is 2.63 bits per heavy atom. The molecule has 0 spiro atoms. The van der Waals surface area contributed by atoms with E-state index in [0.717, 1.165) is 65.2 Å². The molecule has 5 rings (SSSR count). The minimum Gasteiger partial charge on any atom is -0.330 e. The Hall–Kier alpha value is -2.39. The molecule has 0 atom stereocenters. The fourth-order valence-electron chi connectivity index (χ4n) is 4.73. The highest BCUT2D eigenvalue weighted by Crippen LogP contribution is 2.40. The van der Waals surface area contributed by atoms with Crippen molar-refractivity contribution in [1.29, 1.82) is 0 Å². The van der Waals surface area contributed by atoms with Gasteiger partial charge in [0.1, 0.15) is 16.5 Å². The van der Waals surface area contributed by atoms with Crippen molar-refractivity contribution in [3.63, 3.8) is 0 Å². The molecule has 3 aromatic heterocycles. The molecule has 0 radical (unpaired) electrons. The number of amides is 1. The average Bonchev–Trinajstić information content (AvgIpc) is 3.50. The fraction of sp³-hybridized carbons (Fsp3) is 0.308. The molecular formula is C26H24ClF2N3OS2. The molecule has 3 heterocycles. The zero-order valence-corrected chi connectivity index (χ0v) is 21.5. The van der Waals surface area contributed by atoms with Crippen LogP contribution in [0.5, 0.6) is 0 Å². The van der Waals surface area contributed by atoms with Crippen molar-refractivity contribution >= 4 is 50.3 Å². The molecule has 1 aliphatic carbocycles. The van der Waals surface area contributed by atoms with Gasteiger partial charge in [0.25, 0.3) is 5.91 Å². The first-order valence-corrected chi connectivity index (χ1v) is 13.6. The Balaban J connectivity index is 1.49. The van der Waals surface area contributed by atoms with Gasteiger partial charge in [-0.3, -0.25) is 9.78 Å². The van der Waals surface area contributed by atoms with E-state index in [9.17, 15) is 13.6 Å². The Kier molecular flexibility index (Phi) is 7.16. The Morgan fingerprint density at radius 1 is 1.17 bits per heavy atom. The smallest absolute Gasteiger partial charge is 0.266 e. The molecule has 182 valence electrons. The molecule has 4 aromatic rings. The number of rotatable bonds is 6. The number of carbonyl (C=O) groups excluding carboxylic acids is 1. The topological polar surface area (TPSA) is 45.2 Å². The van der Waals surface area contributed by atoms with Crippen LogP contribution in [0.4, 0.5) is 8.78 Å². The van der Waals surface area contributed by atoms with Crippen LogP contribution >= 0.6 is 34.3 Å². The summed E-state index contributed by atoms with van der Waals surface area (Å²) in [6, 6.07) is 8.54. The van der Waals surface area contributed by atoms with Crippen LogP contribution in [0.15, 0.2) is 48.1 Å². The second-order valence-corrected chi connectivity index (χ2v) is 11.1. The first kappa shape index (κ1) is 24.3. The first-order valence-electron chi connectivity index (χ1n) is 11.5. The Labute approximate surface area is 215 Å². The molecule has 1 saturated carbocycles. The number of nitrogens with zero attached hydrogens (tertiary/aromatic N) is 2. The summed E-state index contributed by atoms with van der Waals surface area (Å²) in [5.74, 6) is -1.48. The van der Waals surface area contributed by atoms with Crippen LogP contribution in [0, 0.1) is 11.6 Å². The van der Waals surface area contributed by atoms with E-state index in [4.69, 9.17) is 11.6 Å². The molecule has 0 bridgehead atoms. The normalized spacial score (nSPS) is 18.2. The summed E-state index contributed by atoms with van der Waals surface area (Å²) in [5.41, 5.74) is 2.06. The quantitative estimate of drug-likeness (QED) is 0.288. The van der Waals surface area contributed by atoms with Gasteiger partial charge in [0.05, 0.1) is 21.7 Å². The maximum Gasteiger partial charge on any atom is 0.266 e.